The molecule has 0 saturated heterocycles. The van der Waals surface area contributed by atoms with Crippen molar-refractivity contribution in [3.63, 3.8) is 0 Å². The summed E-state index contributed by atoms with van der Waals surface area (Å²) in [6.07, 6.45) is 0. The minimum atomic E-state index is -3.19. The maximum atomic E-state index is 12.5. The zero-order valence-electron chi connectivity index (χ0n) is 15.8. The molecule has 0 aromatic heterocycles. The number of nitrogens with one attached hydrogen (secondary N) is 1. The number of carbonyl (C=O) groups is 1. The summed E-state index contributed by atoms with van der Waals surface area (Å²) >= 11 is -2.28. The molecule has 0 spiro atoms. The average molecular weight is 514 g/mol. The Morgan fingerprint density at radius 2 is 1.90 bits per heavy atom. The van der Waals surface area contributed by atoms with Crippen molar-refractivity contribution in [3.8, 4) is 11.5 Å². The molecule has 0 fully saturated rings. The van der Waals surface area contributed by atoms with Crippen LogP contribution in [0.5, 0.6) is 11.5 Å². The minimum absolute atomic E-state index is 0.0887. The Labute approximate surface area is 176 Å². The third-order valence-corrected chi connectivity index (χ3v) is 12.9. The topological polar surface area (TPSA) is 94.1 Å². The molecule has 1 N–H and O–H groups in total. The first-order chi connectivity index (χ1) is 13.9. The van der Waals surface area contributed by atoms with Gasteiger partial charge in [0.15, 0.2) is 0 Å². The standard InChI is InChI=1S/C11H8N2O3.C9H11O2S.In/c1-7(12-2)11(14)13-8-3-4-9-10(5-8)16-6-15-9;1-3-12(10,11)9-6-4-8(2)5-7-9;/h1-5H,6H2,(H,13,14);4-7H,2-3H2,1H3;. The van der Waals surface area contributed by atoms with Crippen molar-refractivity contribution >= 4 is 46.8 Å². The fourth-order valence-corrected chi connectivity index (χ4v) is 10.1. The zero-order valence-corrected chi connectivity index (χ0v) is 19.9. The SMILES string of the molecule is CCS(=O)(=O)c1ccc([CH2][In]2[CH]=NC(C(=O)Nc3ccc4c(c3)OCO4)=[CH]2)cc1. The van der Waals surface area contributed by atoms with Crippen LogP contribution in [-0.4, -0.2) is 52.3 Å². The summed E-state index contributed by atoms with van der Waals surface area (Å²) in [6.45, 7) is 1.82. The van der Waals surface area contributed by atoms with Crippen LogP contribution in [0, 0.1) is 0 Å². The molecule has 4 rings (SSSR count). The van der Waals surface area contributed by atoms with Gasteiger partial charge < -0.3 is 0 Å². The van der Waals surface area contributed by atoms with E-state index in [9.17, 15) is 13.2 Å². The van der Waals surface area contributed by atoms with Gasteiger partial charge in [-0.2, -0.15) is 0 Å². The second-order valence-electron chi connectivity index (χ2n) is 6.77. The molecular weight excluding hydrogens is 495 g/mol. The molecule has 2 heterocycles. The summed E-state index contributed by atoms with van der Waals surface area (Å²) in [5, 5.41) is 2.84. The number of rotatable bonds is 6. The summed E-state index contributed by atoms with van der Waals surface area (Å²) in [7, 11) is -3.19. The van der Waals surface area contributed by atoms with Gasteiger partial charge in [0.05, 0.1) is 0 Å². The molecule has 0 saturated carbocycles. The van der Waals surface area contributed by atoms with E-state index in [0.717, 1.165) is 9.74 Å². The van der Waals surface area contributed by atoms with Gasteiger partial charge in [0.25, 0.3) is 0 Å². The summed E-state index contributed by atoms with van der Waals surface area (Å²) in [6, 6.07) is 12.3. The van der Waals surface area contributed by atoms with E-state index in [1.165, 1.54) is 0 Å². The van der Waals surface area contributed by atoms with Gasteiger partial charge in [-0.15, -0.1) is 0 Å². The molecule has 29 heavy (non-hydrogen) atoms. The van der Waals surface area contributed by atoms with Crippen LogP contribution >= 0.6 is 0 Å². The fraction of sp³-hybridized carbons (Fsp3) is 0.200. The molecule has 0 radical (unpaired) electrons. The fourth-order valence-electron chi connectivity index (χ4n) is 3.15. The molecule has 0 bridgehead atoms. The molecular formula is C20H19InN2O5S. The van der Waals surface area contributed by atoms with Gasteiger partial charge in [0, 0.05) is 0 Å². The van der Waals surface area contributed by atoms with Crippen LogP contribution in [0.15, 0.2) is 61.9 Å². The Morgan fingerprint density at radius 1 is 1.14 bits per heavy atom. The summed E-state index contributed by atoms with van der Waals surface area (Å²) in [5.74, 6) is 1.11. The van der Waals surface area contributed by atoms with Crippen LogP contribution in [0.2, 0.25) is 0 Å². The first-order valence-corrected chi connectivity index (χ1v) is 17.0. The van der Waals surface area contributed by atoms with E-state index < -0.39 is 31.3 Å². The summed E-state index contributed by atoms with van der Waals surface area (Å²) in [5.41, 5.74) is 2.14. The molecule has 2 aromatic carbocycles. The Balaban J connectivity index is 1.39. The Hall–Kier alpha value is -2.26. The van der Waals surface area contributed by atoms with E-state index in [1.807, 2.05) is 19.9 Å². The number of fused-ring (bicyclic) bond motifs is 1. The predicted octanol–water partition coefficient (Wildman–Crippen LogP) is 2.47. The summed E-state index contributed by atoms with van der Waals surface area (Å²) in [4.78, 5) is 17.2. The molecule has 9 heteroatoms. The average Bonchev–Trinajstić information content (AvgIpc) is 3.37. The third-order valence-electron chi connectivity index (χ3n) is 4.77. The second-order valence-corrected chi connectivity index (χ2v) is 15.8. The number of ether oxygens (including phenoxy) is 2. The Bertz CT molecular complexity index is 1110. The Kier molecular flexibility index (Phi) is 5.69. The molecule has 2 aliphatic heterocycles. The zero-order chi connectivity index (χ0) is 20.4. The van der Waals surface area contributed by atoms with Crippen molar-refractivity contribution < 1.29 is 22.7 Å². The van der Waals surface area contributed by atoms with Crippen molar-refractivity contribution in [3.05, 3.63) is 57.6 Å². The van der Waals surface area contributed by atoms with Crippen LogP contribution < -0.4 is 14.8 Å². The van der Waals surface area contributed by atoms with Gasteiger partial charge in [0.2, 0.25) is 0 Å². The van der Waals surface area contributed by atoms with Crippen molar-refractivity contribution in [2.75, 3.05) is 17.9 Å². The van der Waals surface area contributed by atoms with Gasteiger partial charge in [-0.05, 0) is 0 Å². The molecule has 2 aromatic rings. The van der Waals surface area contributed by atoms with E-state index in [2.05, 4.69) is 10.3 Å². The number of benzene rings is 2. The van der Waals surface area contributed by atoms with Gasteiger partial charge in [-0.3, -0.25) is 0 Å². The molecule has 7 nitrogen and oxygen atoms in total. The van der Waals surface area contributed by atoms with E-state index in [1.54, 1.807) is 37.3 Å². The Morgan fingerprint density at radius 3 is 2.66 bits per heavy atom. The molecule has 0 atom stereocenters. The number of hydrogen-bond acceptors (Lipinski definition) is 6. The van der Waals surface area contributed by atoms with Crippen molar-refractivity contribution in [2.24, 2.45) is 4.99 Å². The second kappa shape index (κ2) is 8.23. The van der Waals surface area contributed by atoms with Gasteiger partial charge in [0.1, 0.15) is 0 Å². The van der Waals surface area contributed by atoms with E-state index in [-0.39, 0.29) is 18.5 Å². The molecule has 2 aliphatic rings. The monoisotopic (exact) mass is 514 g/mol. The van der Waals surface area contributed by atoms with Crippen molar-refractivity contribution in [1.29, 1.82) is 0 Å². The molecule has 0 aliphatic carbocycles. The summed E-state index contributed by atoms with van der Waals surface area (Å²) < 4.78 is 39.2. The molecule has 1 amide bonds. The van der Waals surface area contributed by atoms with Gasteiger partial charge >= 0.3 is 177 Å². The first kappa shape index (κ1) is 20.0. The number of amides is 1. The van der Waals surface area contributed by atoms with E-state index in [0.29, 0.717) is 27.8 Å². The van der Waals surface area contributed by atoms with Gasteiger partial charge in [-0.25, -0.2) is 0 Å². The van der Waals surface area contributed by atoms with Crippen LogP contribution in [0.1, 0.15) is 12.5 Å². The number of carbonyl (C=O) groups excluding carboxylic acids is 1. The normalized spacial score (nSPS) is 14.8. The molecule has 148 valence electrons. The third kappa shape index (κ3) is 4.51. The molecule has 0 unspecified atom stereocenters. The quantitative estimate of drug-likeness (QED) is 0.640. The van der Waals surface area contributed by atoms with Crippen LogP contribution in [0.25, 0.3) is 0 Å². The van der Waals surface area contributed by atoms with Crippen LogP contribution in [-0.2, 0) is 18.8 Å². The number of nitrogens with zero attached hydrogens (tertiary/aromatic N) is 1. The number of aliphatic imine (C=N–C) groups is 1. The number of anilines is 1. The predicted molar refractivity (Wildman–Crippen MR) is 111 cm³/mol. The first-order valence-electron chi connectivity index (χ1n) is 9.23. The number of hydrogen-bond donors (Lipinski definition) is 1. The van der Waals surface area contributed by atoms with Crippen molar-refractivity contribution in [2.45, 2.75) is 16.0 Å². The van der Waals surface area contributed by atoms with E-state index in [4.69, 9.17) is 9.47 Å². The van der Waals surface area contributed by atoms with Crippen LogP contribution in [0.4, 0.5) is 5.69 Å². The van der Waals surface area contributed by atoms with Crippen LogP contribution in [0.3, 0.4) is 0 Å². The van der Waals surface area contributed by atoms with E-state index >= 15 is 0 Å². The number of sulfone groups is 1. The van der Waals surface area contributed by atoms with Gasteiger partial charge in [-0.1, -0.05) is 0 Å². The maximum absolute atomic E-state index is 12.5. The van der Waals surface area contributed by atoms with Crippen molar-refractivity contribution in [1.82, 2.24) is 0 Å².